The van der Waals surface area contributed by atoms with Crippen LogP contribution in [0.5, 0.6) is 11.5 Å². The van der Waals surface area contributed by atoms with E-state index in [2.05, 4.69) is 10.3 Å². The number of benzene rings is 2. The van der Waals surface area contributed by atoms with Crippen molar-refractivity contribution in [3.05, 3.63) is 59.8 Å². The molecule has 2 N–H and O–H groups in total. The van der Waals surface area contributed by atoms with Crippen molar-refractivity contribution >= 4 is 22.8 Å². The van der Waals surface area contributed by atoms with Crippen LogP contribution in [-0.2, 0) is 9.53 Å². The molecule has 0 radical (unpaired) electrons. The van der Waals surface area contributed by atoms with E-state index in [0.717, 1.165) is 16.5 Å². The highest BCUT2D eigenvalue weighted by Crippen LogP contribution is 2.29. The predicted octanol–water partition coefficient (Wildman–Crippen LogP) is 3.22. The van der Waals surface area contributed by atoms with Crippen LogP contribution in [0, 0.1) is 0 Å². The van der Waals surface area contributed by atoms with Crippen molar-refractivity contribution in [1.29, 1.82) is 0 Å². The fourth-order valence-corrected chi connectivity index (χ4v) is 2.93. The average Bonchev–Trinajstić information content (AvgIpc) is 3.15. The van der Waals surface area contributed by atoms with E-state index in [4.69, 9.17) is 14.2 Å². The normalized spacial score (nSPS) is 11.7. The third-order valence-corrected chi connectivity index (χ3v) is 4.37. The molecule has 0 aliphatic carbocycles. The van der Waals surface area contributed by atoms with Crippen molar-refractivity contribution in [2.45, 2.75) is 13.0 Å². The lowest BCUT2D eigenvalue weighted by Gasteiger charge is -2.18. The number of H-pyrrole nitrogens is 1. The number of hydrogen-bond donors (Lipinski definition) is 2. The summed E-state index contributed by atoms with van der Waals surface area (Å²) in [4.78, 5) is 27.4. The molecule has 7 nitrogen and oxygen atoms in total. The molecule has 0 bridgehead atoms. The number of carbonyl (C=O) groups excluding carboxylic acids is 2. The number of aromatic nitrogens is 1. The molecule has 3 rings (SSSR count). The van der Waals surface area contributed by atoms with Crippen LogP contribution < -0.4 is 14.8 Å². The van der Waals surface area contributed by atoms with Crippen molar-refractivity contribution in [2.24, 2.45) is 0 Å². The molecule has 1 amide bonds. The van der Waals surface area contributed by atoms with E-state index in [-0.39, 0.29) is 12.6 Å². The van der Waals surface area contributed by atoms with Crippen LogP contribution in [0.25, 0.3) is 10.9 Å². The number of aromatic amines is 1. The van der Waals surface area contributed by atoms with Crippen LogP contribution in [0.2, 0.25) is 0 Å². The van der Waals surface area contributed by atoms with Crippen molar-refractivity contribution in [3.8, 4) is 11.5 Å². The van der Waals surface area contributed by atoms with Gasteiger partial charge in [0.2, 0.25) is 0 Å². The molecule has 7 heteroatoms. The van der Waals surface area contributed by atoms with Crippen molar-refractivity contribution < 1.29 is 23.8 Å². The fourth-order valence-electron chi connectivity index (χ4n) is 2.93. The van der Waals surface area contributed by atoms with Gasteiger partial charge in [0.15, 0.2) is 6.61 Å². The van der Waals surface area contributed by atoms with E-state index in [1.165, 1.54) is 0 Å². The highest BCUT2D eigenvalue weighted by Gasteiger charge is 2.17. The Hall–Kier alpha value is -3.48. The molecule has 0 saturated carbocycles. The highest BCUT2D eigenvalue weighted by atomic mass is 16.5. The summed E-state index contributed by atoms with van der Waals surface area (Å²) >= 11 is 0. The molecule has 3 aromatic rings. The van der Waals surface area contributed by atoms with Gasteiger partial charge in [0.1, 0.15) is 17.2 Å². The van der Waals surface area contributed by atoms with Gasteiger partial charge in [0, 0.05) is 16.5 Å². The van der Waals surface area contributed by atoms with E-state index < -0.39 is 11.9 Å². The van der Waals surface area contributed by atoms with Gasteiger partial charge in [0.25, 0.3) is 5.91 Å². The quantitative estimate of drug-likeness (QED) is 0.613. The van der Waals surface area contributed by atoms with Crippen molar-refractivity contribution in [1.82, 2.24) is 10.3 Å². The summed E-state index contributed by atoms with van der Waals surface area (Å²) in [6.45, 7) is 1.43. The molecule has 0 aliphatic rings. The number of amides is 1. The number of para-hydroxylation sites is 1. The second kappa shape index (κ2) is 8.47. The number of carbonyl (C=O) groups is 2. The van der Waals surface area contributed by atoms with E-state index in [1.54, 1.807) is 38.5 Å². The Labute approximate surface area is 162 Å². The number of hydrogen-bond acceptors (Lipinski definition) is 5. The van der Waals surface area contributed by atoms with Crippen molar-refractivity contribution in [2.75, 3.05) is 20.8 Å². The standard InChI is InChI=1S/C21H22N2O5/c1-13(16-11-15(26-2)8-9-19(16)27-3)22-20(24)12-28-21(25)18-10-14-6-4-5-7-17(14)23-18/h4-11,13,23H,12H2,1-3H3,(H,22,24)/t13-/m1/s1. The third-order valence-electron chi connectivity index (χ3n) is 4.37. The Morgan fingerprint density at radius 2 is 1.86 bits per heavy atom. The Kier molecular flexibility index (Phi) is 5.84. The molecule has 0 fully saturated rings. The smallest absolute Gasteiger partial charge is 0.355 e. The Bertz CT molecular complexity index is 962. The van der Waals surface area contributed by atoms with Crippen LogP contribution in [0.15, 0.2) is 48.5 Å². The Balaban J connectivity index is 1.60. The summed E-state index contributed by atoms with van der Waals surface area (Å²) in [5.41, 5.74) is 1.89. The van der Waals surface area contributed by atoms with E-state index in [1.807, 2.05) is 31.2 Å². The Morgan fingerprint density at radius 3 is 2.57 bits per heavy atom. The lowest BCUT2D eigenvalue weighted by Crippen LogP contribution is -2.31. The Morgan fingerprint density at radius 1 is 1.07 bits per heavy atom. The van der Waals surface area contributed by atoms with Crippen LogP contribution in [0.1, 0.15) is 29.0 Å². The minimum Gasteiger partial charge on any atom is -0.497 e. The van der Waals surface area contributed by atoms with Gasteiger partial charge in [0.05, 0.1) is 20.3 Å². The molecule has 0 saturated heterocycles. The van der Waals surface area contributed by atoms with Gasteiger partial charge in [-0.2, -0.15) is 0 Å². The number of methoxy groups -OCH3 is 2. The molecule has 0 aliphatic heterocycles. The molecule has 146 valence electrons. The van der Waals surface area contributed by atoms with Crippen LogP contribution >= 0.6 is 0 Å². The van der Waals surface area contributed by atoms with Crippen molar-refractivity contribution in [3.63, 3.8) is 0 Å². The molecule has 1 atom stereocenters. The number of ether oxygens (including phenoxy) is 3. The van der Waals surface area contributed by atoms with E-state index >= 15 is 0 Å². The number of nitrogens with one attached hydrogen (secondary N) is 2. The molecule has 28 heavy (non-hydrogen) atoms. The number of esters is 1. The average molecular weight is 382 g/mol. The summed E-state index contributed by atoms with van der Waals surface area (Å²) in [6, 6.07) is 14.2. The zero-order valence-corrected chi connectivity index (χ0v) is 15.9. The summed E-state index contributed by atoms with van der Waals surface area (Å²) in [5, 5.41) is 3.69. The summed E-state index contributed by atoms with van der Waals surface area (Å²) in [7, 11) is 3.13. The zero-order chi connectivity index (χ0) is 20.1. The van der Waals surface area contributed by atoms with Gasteiger partial charge >= 0.3 is 5.97 Å². The molecule has 2 aromatic carbocycles. The first-order chi connectivity index (χ1) is 13.5. The highest BCUT2D eigenvalue weighted by molar-refractivity contribution is 5.95. The molecule has 0 unspecified atom stereocenters. The molecule has 1 heterocycles. The lowest BCUT2D eigenvalue weighted by atomic mass is 10.1. The largest absolute Gasteiger partial charge is 0.497 e. The molecular formula is C21H22N2O5. The number of fused-ring (bicyclic) bond motifs is 1. The van der Waals surface area contributed by atoms with Crippen LogP contribution in [0.4, 0.5) is 0 Å². The monoisotopic (exact) mass is 382 g/mol. The molecule has 0 spiro atoms. The fraction of sp³-hybridized carbons (Fsp3) is 0.238. The van der Waals surface area contributed by atoms with E-state index in [9.17, 15) is 9.59 Å². The summed E-state index contributed by atoms with van der Waals surface area (Å²) in [6.07, 6.45) is 0. The number of rotatable bonds is 7. The second-order valence-electron chi connectivity index (χ2n) is 6.24. The van der Waals surface area contributed by atoms with Gasteiger partial charge in [-0.05, 0) is 37.3 Å². The first-order valence-corrected chi connectivity index (χ1v) is 8.78. The minimum atomic E-state index is -0.585. The van der Waals surface area contributed by atoms with E-state index in [0.29, 0.717) is 17.2 Å². The zero-order valence-electron chi connectivity index (χ0n) is 15.9. The van der Waals surface area contributed by atoms with Gasteiger partial charge in [-0.1, -0.05) is 18.2 Å². The molecular weight excluding hydrogens is 360 g/mol. The maximum atomic E-state index is 12.2. The summed E-state index contributed by atoms with van der Waals surface area (Å²) < 4.78 is 15.7. The minimum absolute atomic E-state index is 0.302. The van der Waals surface area contributed by atoms with Gasteiger partial charge in [-0.3, -0.25) is 4.79 Å². The second-order valence-corrected chi connectivity index (χ2v) is 6.24. The SMILES string of the molecule is COc1ccc(OC)c([C@@H](C)NC(=O)COC(=O)c2cc3ccccc3[nH]2)c1. The summed E-state index contributed by atoms with van der Waals surface area (Å²) in [5.74, 6) is 0.283. The van der Waals surface area contributed by atoms with Gasteiger partial charge < -0.3 is 24.5 Å². The first-order valence-electron chi connectivity index (χ1n) is 8.78. The maximum Gasteiger partial charge on any atom is 0.355 e. The van der Waals surface area contributed by atoms with Crippen LogP contribution in [0.3, 0.4) is 0 Å². The lowest BCUT2D eigenvalue weighted by molar-refractivity contribution is -0.124. The maximum absolute atomic E-state index is 12.2. The van der Waals surface area contributed by atoms with Gasteiger partial charge in [-0.25, -0.2) is 4.79 Å². The van der Waals surface area contributed by atoms with Gasteiger partial charge in [-0.15, -0.1) is 0 Å². The predicted molar refractivity (Wildman–Crippen MR) is 105 cm³/mol. The third kappa shape index (κ3) is 4.25. The topological polar surface area (TPSA) is 89.7 Å². The van der Waals surface area contributed by atoms with Crippen LogP contribution in [-0.4, -0.2) is 37.7 Å². The molecule has 1 aromatic heterocycles. The first kappa shape index (κ1) is 19.3.